The summed E-state index contributed by atoms with van der Waals surface area (Å²) < 4.78 is 0. The van der Waals surface area contributed by atoms with E-state index in [-0.39, 0.29) is 0 Å². The number of alkyl halides is 1. The number of nitrogens with two attached hydrogens (primary N) is 1. The Hall–Kier alpha value is 0.360. The normalized spacial score (nSPS) is 10.5. The van der Waals surface area contributed by atoms with Gasteiger partial charge in [-0.3, -0.25) is 0 Å². The van der Waals surface area contributed by atoms with E-state index in [1.165, 1.54) is 6.42 Å². The van der Waals surface area contributed by atoms with Gasteiger partial charge >= 0.3 is 0 Å². The Labute approximate surface area is 83.6 Å². The fraction of sp³-hybridized carbons (Fsp3) is 1.00. The minimum absolute atomic E-state index is 0.787. The van der Waals surface area contributed by atoms with Gasteiger partial charge in [0.2, 0.25) is 0 Å². The van der Waals surface area contributed by atoms with E-state index in [1.54, 1.807) is 0 Å². The average molecular weight is 238 g/mol. The van der Waals surface area contributed by atoms with Gasteiger partial charge in [-0.05, 0) is 39.0 Å². The molecule has 0 rings (SSSR count). The van der Waals surface area contributed by atoms with Crippen LogP contribution in [0.15, 0.2) is 0 Å². The molecule has 0 unspecified atom stereocenters. The molecule has 3 nitrogen and oxygen atoms in total. The second-order valence-corrected chi connectivity index (χ2v) is 3.48. The van der Waals surface area contributed by atoms with Crippen molar-refractivity contribution >= 4 is 15.9 Å². The lowest BCUT2D eigenvalue weighted by Gasteiger charge is -2.04. The lowest BCUT2D eigenvalue weighted by Crippen LogP contribution is -2.24. The second-order valence-electron chi connectivity index (χ2n) is 2.68. The number of nitrogens with one attached hydrogen (secondary N) is 2. The summed E-state index contributed by atoms with van der Waals surface area (Å²) in [6.45, 7) is 5.09. The molecule has 0 aliphatic heterocycles. The highest BCUT2D eigenvalue weighted by Crippen LogP contribution is 1.77. The number of hydrogen-bond acceptors (Lipinski definition) is 3. The van der Waals surface area contributed by atoms with Crippen LogP contribution < -0.4 is 16.4 Å². The first-order chi connectivity index (χ1) is 5.91. The standard InChI is InChI=1S/C8H20BrN3/c9-3-8-12-7-2-6-11-5-1-4-10/h11-12H,1-8,10H2. The van der Waals surface area contributed by atoms with Gasteiger partial charge in [-0.1, -0.05) is 15.9 Å². The summed E-state index contributed by atoms with van der Waals surface area (Å²) in [5, 5.41) is 7.68. The molecule has 0 fully saturated rings. The third-order valence-electron chi connectivity index (χ3n) is 1.54. The van der Waals surface area contributed by atoms with Gasteiger partial charge in [-0.25, -0.2) is 0 Å². The smallest absolute Gasteiger partial charge is 0.0157 e. The van der Waals surface area contributed by atoms with Crippen LogP contribution in [0.5, 0.6) is 0 Å². The molecular formula is C8H20BrN3. The predicted molar refractivity (Wildman–Crippen MR) is 57.8 cm³/mol. The van der Waals surface area contributed by atoms with Crippen LogP contribution in [0, 0.1) is 0 Å². The van der Waals surface area contributed by atoms with E-state index < -0.39 is 0 Å². The maximum absolute atomic E-state index is 5.35. The van der Waals surface area contributed by atoms with Crippen molar-refractivity contribution < 1.29 is 0 Å². The van der Waals surface area contributed by atoms with Gasteiger partial charge in [-0.15, -0.1) is 0 Å². The maximum Gasteiger partial charge on any atom is 0.0157 e. The molecule has 0 heterocycles. The van der Waals surface area contributed by atoms with Gasteiger partial charge in [0.1, 0.15) is 0 Å². The summed E-state index contributed by atoms with van der Waals surface area (Å²) in [7, 11) is 0. The minimum atomic E-state index is 0.787. The zero-order valence-electron chi connectivity index (χ0n) is 7.61. The third kappa shape index (κ3) is 10.4. The lowest BCUT2D eigenvalue weighted by atomic mass is 10.4. The highest BCUT2D eigenvalue weighted by molar-refractivity contribution is 9.09. The van der Waals surface area contributed by atoms with Crippen molar-refractivity contribution in [2.75, 3.05) is 38.1 Å². The average Bonchev–Trinajstić information content (AvgIpc) is 2.10. The van der Waals surface area contributed by atoms with Crippen molar-refractivity contribution in [3.05, 3.63) is 0 Å². The Bertz CT molecular complexity index is 70.7. The summed E-state index contributed by atoms with van der Waals surface area (Å²) in [5.41, 5.74) is 5.35. The number of halogens is 1. The third-order valence-corrected chi connectivity index (χ3v) is 1.93. The Balaban J connectivity index is 2.73. The Morgan fingerprint density at radius 1 is 0.917 bits per heavy atom. The largest absolute Gasteiger partial charge is 0.330 e. The molecule has 0 saturated heterocycles. The second kappa shape index (κ2) is 11.4. The summed E-state index contributed by atoms with van der Waals surface area (Å²) in [4.78, 5) is 0. The molecule has 0 atom stereocenters. The minimum Gasteiger partial charge on any atom is -0.330 e. The van der Waals surface area contributed by atoms with Gasteiger partial charge in [0.25, 0.3) is 0 Å². The van der Waals surface area contributed by atoms with Crippen LogP contribution >= 0.6 is 15.9 Å². The highest BCUT2D eigenvalue weighted by Gasteiger charge is 1.87. The van der Waals surface area contributed by atoms with E-state index in [0.717, 1.165) is 44.5 Å². The SMILES string of the molecule is NCCCNCCCNCCBr. The van der Waals surface area contributed by atoms with Crippen molar-refractivity contribution in [1.29, 1.82) is 0 Å². The van der Waals surface area contributed by atoms with Crippen molar-refractivity contribution in [1.82, 2.24) is 10.6 Å². The molecule has 4 N–H and O–H groups in total. The number of rotatable bonds is 9. The summed E-state index contributed by atoms with van der Waals surface area (Å²) in [5.74, 6) is 0. The Kier molecular flexibility index (Phi) is 11.7. The van der Waals surface area contributed by atoms with Crippen molar-refractivity contribution in [3.63, 3.8) is 0 Å². The van der Waals surface area contributed by atoms with E-state index in [0.29, 0.717) is 0 Å². The van der Waals surface area contributed by atoms with Crippen LogP contribution in [-0.4, -0.2) is 38.1 Å². The molecule has 0 amide bonds. The van der Waals surface area contributed by atoms with E-state index in [1.807, 2.05) is 0 Å². The molecule has 0 aliphatic carbocycles. The van der Waals surface area contributed by atoms with Gasteiger partial charge < -0.3 is 16.4 Å². The van der Waals surface area contributed by atoms with Crippen LogP contribution in [0.1, 0.15) is 12.8 Å². The molecule has 12 heavy (non-hydrogen) atoms. The topological polar surface area (TPSA) is 50.1 Å². The van der Waals surface area contributed by atoms with Crippen molar-refractivity contribution in [2.45, 2.75) is 12.8 Å². The van der Waals surface area contributed by atoms with E-state index in [9.17, 15) is 0 Å². The van der Waals surface area contributed by atoms with E-state index in [4.69, 9.17) is 5.73 Å². The highest BCUT2D eigenvalue weighted by atomic mass is 79.9. The molecular weight excluding hydrogens is 218 g/mol. The van der Waals surface area contributed by atoms with Crippen LogP contribution in [0.4, 0.5) is 0 Å². The molecule has 0 bridgehead atoms. The fourth-order valence-electron chi connectivity index (χ4n) is 0.882. The van der Waals surface area contributed by atoms with Crippen LogP contribution in [0.2, 0.25) is 0 Å². The first-order valence-corrected chi connectivity index (χ1v) is 5.71. The molecule has 0 spiro atoms. The molecule has 0 aromatic rings. The van der Waals surface area contributed by atoms with Crippen LogP contribution in [0.25, 0.3) is 0 Å². The Morgan fingerprint density at radius 2 is 1.50 bits per heavy atom. The van der Waals surface area contributed by atoms with Crippen LogP contribution in [-0.2, 0) is 0 Å². The van der Waals surface area contributed by atoms with Gasteiger partial charge in [0.15, 0.2) is 0 Å². The first kappa shape index (κ1) is 12.4. The van der Waals surface area contributed by atoms with Crippen molar-refractivity contribution in [3.8, 4) is 0 Å². The van der Waals surface area contributed by atoms with Crippen molar-refractivity contribution in [2.24, 2.45) is 5.73 Å². The predicted octanol–water partition coefficient (Wildman–Crippen LogP) is 0.299. The lowest BCUT2D eigenvalue weighted by molar-refractivity contribution is 0.597. The zero-order valence-corrected chi connectivity index (χ0v) is 9.20. The van der Waals surface area contributed by atoms with Gasteiger partial charge in [-0.2, -0.15) is 0 Å². The van der Waals surface area contributed by atoms with E-state index in [2.05, 4.69) is 26.6 Å². The monoisotopic (exact) mass is 237 g/mol. The number of hydrogen-bond donors (Lipinski definition) is 3. The van der Waals surface area contributed by atoms with Gasteiger partial charge in [0.05, 0.1) is 0 Å². The summed E-state index contributed by atoms with van der Waals surface area (Å²) in [6, 6.07) is 0. The molecule has 0 saturated carbocycles. The summed E-state index contributed by atoms with van der Waals surface area (Å²) in [6.07, 6.45) is 2.27. The van der Waals surface area contributed by atoms with Gasteiger partial charge in [0, 0.05) is 11.9 Å². The van der Waals surface area contributed by atoms with Crippen LogP contribution in [0.3, 0.4) is 0 Å². The molecule has 74 valence electrons. The molecule has 0 aromatic carbocycles. The fourth-order valence-corrected chi connectivity index (χ4v) is 1.16. The molecule has 0 radical (unpaired) electrons. The Morgan fingerprint density at radius 3 is 2.08 bits per heavy atom. The summed E-state index contributed by atoms with van der Waals surface area (Å²) >= 11 is 3.36. The van der Waals surface area contributed by atoms with E-state index >= 15 is 0 Å². The quantitative estimate of drug-likeness (QED) is 0.400. The first-order valence-electron chi connectivity index (χ1n) is 4.59. The maximum atomic E-state index is 5.35. The molecule has 0 aromatic heterocycles. The zero-order chi connectivity index (χ0) is 9.07. The molecule has 0 aliphatic rings. The molecule has 4 heteroatoms.